The van der Waals surface area contributed by atoms with Crippen molar-refractivity contribution >= 4 is 0 Å². The largest absolute Gasteiger partial charge is 0.497 e. The van der Waals surface area contributed by atoms with E-state index in [0.717, 1.165) is 0 Å². The van der Waals surface area contributed by atoms with Gasteiger partial charge in [-0.15, -0.1) is 0 Å². The maximum atomic E-state index is 13.4. The molecule has 0 saturated heterocycles. The van der Waals surface area contributed by atoms with Crippen molar-refractivity contribution in [1.82, 2.24) is 0 Å². The van der Waals surface area contributed by atoms with Gasteiger partial charge >= 0.3 is 6.18 Å². The first-order valence-corrected chi connectivity index (χ1v) is 6.77. The average Bonchev–Trinajstić information content (AvgIpc) is 2.52. The predicted molar refractivity (Wildman–Crippen MR) is 78.5 cm³/mol. The molecular weight excluding hydrogens is 293 g/mol. The van der Waals surface area contributed by atoms with Crippen LogP contribution < -0.4 is 9.47 Å². The van der Waals surface area contributed by atoms with Gasteiger partial charge in [0.25, 0.3) is 0 Å². The van der Waals surface area contributed by atoms with Crippen molar-refractivity contribution in [2.24, 2.45) is 0 Å². The van der Waals surface area contributed by atoms with Crippen LogP contribution in [0, 0.1) is 0 Å². The third kappa shape index (κ3) is 3.93. The average molecular weight is 310 g/mol. The first-order valence-electron chi connectivity index (χ1n) is 6.77. The molecule has 118 valence electrons. The summed E-state index contributed by atoms with van der Waals surface area (Å²) in [6.07, 6.45) is -4.42. The Balaban J connectivity index is 2.25. The Kier molecular flexibility index (Phi) is 4.96. The molecule has 0 saturated carbocycles. The topological polar surface area (TPSA) is 18.5 Å². The van der Waals surface area contributed by atoms with Gasteiger partial charge in [0.15, 0.2) is 0 Å². The number of benzene rings is 2. The van der Waals surface area contributed by atoms with Crippen molar-refractivity contribution in [3.05, 3.63) is 59.7 Å². The first-order chi connectivity index (χ1) is 10.4. The number of ether oxygens (including phenoxy) is 2. The molecule has 0 unspecified atom stereocenters. The highest BCUT2D eigenvalue weighted by Crippen LogP contribution is 2.38. The molecule has 2 rings (SSSR count). The molecule has 0 bridgehead atoms. The van der Waals surface area contributed by atoms with E-state index in [-0.39, 0.29) is 12.0 Å². The Hall–Kier alpha value is -2.17. The second-order valence-electron chi connectivity index (χ2n) is 4.92. The fourth-order valence-corrected chi connectivity index (χ4v) is 2.26. The summed E-state index contributed by atoms with van der Waals surface area (Å²) in [5.74, 6) is -0.391. The predicted octanol–water partition coefficient (Wildman–Crippen LogP) is 4.59. The van der Waals surface area contributed by atoms with Crippen LogP contribution >= 0.6 is 0 Å². The van der Waals surface area contributed by atoms with Gasteiger partial charge in [-0.05, 0) is 41.8 Å². The lowest BCUT2D eigenvalue weighted by Gasteiger charge is -2.21. The molecule has 0 N–H and O–H groups in total. The van der Waals surface area contributed by atoms with E-state index < -0.39 is 12.1 Å². The van der Waals surface area contributed by atoms with Crippen molar-refractivity contribution in [3.8, 4) is 11.5 Å². The molecule has 1 atom stereocenters. The Morgan fingerprint density at radius 1 is 0.818 bits per heavy atom. The van der Waals surface area contributed by atoms with Crippen molar-refractivity contribution in [2.45, 2.75) is 18.5 Å². The van der Waals surface area contributed by atoms with E-state index in [9.17, 15) is 13.2 Å². The quantitative estimate of drug-likeness (QED) is 0.804. The van der Waals surface area contributed by atoms with Crippen LogP contribution in [0.2, 0.25) is 0 Å². The zero-order valence-corrected chi connectivity index (χ0v) is 12.4. The first kappa shape index (κ1) is 16.2. The smallest absolute Gasteiger partial charge is 0.396 e. The number of hydrogen-bond acceptors (Lipinski definition) is 2. The lowest BCUT2D eigenvalue weighted by Crippen LogP contribution is -2.23. The standard InChI is InChI=1S/C17H17F3O2/c1-21-14-7-3-12(4-8-14)11-16(17(18,19)20)13-5-9-15(22-2)10-6-13/h3-10,16H,11H2,1-2H3/t16-/m1/s1. The van der Waals surface area contributed by atoms with E-state index in [2.05, 4.69) is 0 Å². The molecule has 0 radical (unpaired) electrons. The highest BCUT2D eigenvalue weighted by Gasteiger charge is 2.40. The summed E-state index contributed by atoms with van der Waals surface area (Å²) in [5.41, 5.74) is 0.836. The molecule has 22 heavy (non-hydrogen) atoms. The summed E-state index contributed by atoms with van der Waals surface area (Å²) in [6.45, 7) is 0. The molecule has 5 heteroatoms. The van der Waals surface area contributed by atoms with Crippen LogP contribution in [-0.4, -0.2) is 20.4 Å². The third-order valence-electron chi connectivity index (χ3n) is 3.51. The lowest BCUT2D eigenvalue weighted by molar-refractivity contribution is -0.150. The monoisotopic (exact) mass is 310 g/mol. The van der Waals surface area contributed by atoms with Gasteiger partial charge in [0.2, 0.25) is 0 Å². The third-order valence-corrected chi connectivity index (χ3v) is 3.51. The summed E-state index contributed by atoms with van der Waals surface area (Å²) in [4.78, 5) is 0. The second-order valence-corrected chi connectivity index (χ2v) is 4.92. The summed E-state index contributed by atoms with van der Waals surface area (Å²) in [6, 6.07) is 12.6. The molecule has 0 aliphatic heterocycles. The Morgan fingerprint density at radius 2 is 1.27 bits per heavy atom. The Morgan fingerprint density at radius 3 is 1.68 bits per heavy atom. The Bertz CT molecular complexity index is 589. The van der Waals surface area contributed by atoms with Gasteiger partial charge in [-0.3, -0.25) is 0 Å². The highest BCUT2D eigenvalue weighted by molar-refractivity contribution is 5.33. The molecule has 2 nitrogen and oxygen atoms in total. The summed E-state index contributed by atoms with van der Waals surface area (Å²) >= 11 is 0. The van der Waals surface area contributed by atoms with Crippen molar-refractivity contribution < 1.29 is 22.6 Å². The van der Waals surface area contributed by atoms with E-state index in [0.29, 0.717) is 17.1 Å². The van der Waals surface area contributed by atoms with Crippen LogP contribution in [0.5, 0.6) is 11.5 Å². The maximum Gasteiger partial charge on any atom is 0.396 e. The zero-order chi connectivity index (χ0) is 16.2. The normalized spacial score (nSPS) is 12.8. The SMILES string of the molecule is COc1ccc(C[C@H](c2ccc(OC)cc2)C(F)(F)F)cc1. The van der Waals surface area contributed by atoms with Gasteiger partial charge in [-0.1, -0.05) is 24.3 Å². The fraction of sp³-hybridized carbons (Fsp3) is 0.294. The minimum atomic E-state index is -4.31. The van der Waals surface area contributed by atoms with E-state index in [4.69, 9.17) is 9.47 Å². The minimum Gasteiger partial charge on any atom is -0.497 e. The van der Waals surface area contributed by atoms with Gasteiger partial charge in [0.05, 0.1) is 20.1 Å². The van der Waals surface area contributed by atoms with Crippen LogP contribution in [0.25, 0.3) is 0 Å². The van der Waals surface area contributed by atoms with Crippen LogP contribution in [-0.2, 0) is 6.42 Å². The fourth-order valence-electron chi connectivity index (χ4n) is 2.26. The molecule has 0 aliphatic rings. The summed E-state index contributed by atoms with van der Waals surface area (Å²) in [5, 5.41) is 0. The summed E-state index contributed by atoms with van der Waals surface area (Å²) < 4.78 is 50.1. The van der Waals surface area contributed by atoms with E-state index >= 15 is 0 Å². The molecule has 0 aliphatic carbocycles. The van der Waals surface area contributed by atoms with Gasteiger partial charge in [0.1, 0.15) is 11.5 Å². The molecule has 0 fully saturated rings. The zero-order valence-electron chi connectivity index (χ0n) is 12.4. The molecule has 0 spiro atoms. The van der Waals surface area contributed by atoms with Crippen molar-refractivity contribution in [2.75, 3.05) is 14.2 Å². The van der Waals surface area contributed by atoms with Gasteiger partial charge < -0.3 is 9.47 Å². The van der Waals surface area contributed by atoms with Crippen LogP contribution in [0.1, 0.15) is 17.0 Å². The number of alkyl halides is 3. The highest BCUT2D eigenvalue weighted by atomic mass is 19.4. The van der Waals surface area contributed by atoms with Crippen molar-refractivity contribution in [3.63, 3.8) is 0 Å². The molecule has 2 aromatic rings. The van der Waals surface area contributed by atoms with E-state index in [1.807, 2.05) is 0 Å². The van der Waals surface area contributed by atoms with Crippen LogP contribution in [0.4, 0.5) is 13.2 Å². The Labute approximate surface area is 127 Å². The van der Waals surface area contributed by atoms with Crippen molar-refractivity contribution in [1.29, 1.82) is 0 Å². The van der Waals surface area contributed by atoms with Crippen LogP contribution in [0.3, 0.4) is 0 Å². The minimum absolute atomic E-state index is 0.111. The molecule has 2 aromatic carbocycles. The van der Waals surface area contributed by atoms with E-state index in [1.54, 1.807) is 36.4 Å². The second kappa shape index (κ2) is 6.73. The van der Waals surface area contributed by atoms with Gasteiger partial charge in [0, 0.05) is 0 Å². The van der Waals surface area contributed by atoms with Gasteiger partial charge in [-0.2, -0.15) is 13.2 Å². The number of hydrogen-bond donors (Lipinski definition) is 0. The lowest BCUT2D eigenvalue weighted by atomic mass is 9.91. The summed E-state index contributed by atoms with van der Waals surface area (Å²) in [7, 11) is 3.00. The molecule has 0 aromatic heterocycles. The molecule has 0 heterocycles. The number of rotatable bonds is 5. The molecule has 0 amide bonds. The number of methoxy groups -OCH3 is 2. The van der Waals surface area contributed by atoms with Gasteiger partial charge in [-0.25, -0.2) is 0 Å². The maximum absolute atomic E-state index is 13.4. The van der Waals surface area contributed by atoms with E-state index in [1.165, 1.54) is 26.4 Å². The molecular formula is C17H17F3O2. The van der Waals surface area contributed by atoms with Crippen LogP contribution in [0.15, 0.2) is 48.5 Å². The number of halogens is 3.